The van der Waals surface area contributed by atoms with E-state index in [9.17, 15) is 18.0 Å². The Kier molecular flexibility index (Phi) is 5.25. The van der Waals surface area contributed by atoms with Crippen LogP contribution < -0.4 is 20.8 Å². The first-order chi connectivity index (χ1) is 15.4. The number of nitrogens with one attached hydrogen (secondary N) is 3. The molecule has 0 radical (unpaired) electrons. The molecule has 2 unspecified atom stereocenters. The molecule has 4 heterocycles. The summed E-state index contributed by atoms with van der Waals surface area (Å²) in [6.07, 6.45) is -1.81. The third-order valence-corrected chi connectivity index (χ3v) is 5.86. The maximum atomic E-state index is 12.8. The largest absolute Gasteiger partial charge is 0.573 e. The van der Waals surface area contributed by atoms with Crippen LogP contribution in [-0.4, -0.2) is 53.2 Å². The van der Waals surface area contributed by atoms with Crippen molar-refractivity contribution in [3.05, 3.63) is 41.9 Å². The molecule has 32 heavy (non-hydrogen) atoms. The number of alkyl halides is 3. The van der Waals surface area contributed by atoms with Crippen molar-refractivity contribution in [1.29, 1.82) is 0 Å². The number of fused-ring (bicyclic) bond motifs is 1. The number of hydrazine groups is 1. The molecule has 3 aliphatic heterocycles. The minimum atomic E-state index is -4.84. The highest BCUT2D eigenvalue weighted by molar-refractivity contribution is 5.89. The van der Waals surface area contributed by atoms with Crippen LogP contribution in [0, 0.1) is 5.92 Å². The van der Waals surface area contributed by atoms with E-state index < -0.39 is 18.3 Å². The fourth-order valence-corrected chi connectivity index (χ4v) is 4.41. The molecule has 2 aromatic rings. The van der Waals surface area contributed by atoms with E-state index in [2.05, 4.69) is 30.9 Å². The van der Waals surface area contributed by atoms with Gasteiger partial charge < -0.3 is 19.9 Å². The van der Waals surface area contributed by atoms with Crippen molar-refractivity contribution in [3.63, 3.8) is 0 Å². The summed E-state index contributed by atoms with van der Waals surface area (Å²) in [4.78, 5) is 16.7. The lowest BCUT2D eigenvalue weighted by Crippen LogP contribution is -2.53. The van der Waals surface area contributed by atoms with Gasteiger partial charge in [0.2, 0.25) is 17.6 Å². The lowest BCUT2D eigenvalue weighted by atomic mass is 9.92. The number of nitrogens with zero attached hydrogens (tertiary/aromatic N) is 3. The second-order valence-electron chi connectivity index (χ2n) is 7.89. The maximum Gasteiger partial charge on any atom is 0.573 e. The number of rotatable bonds is 4. The molecule has 0 aliphatic carbocycles. The number of para-hydroxylation sites is 1. The molecule has 0 saturated carbocycles. The molecular weight excluding hydrogens is 429 g/mol. The Labute approximate surface area is 180 Å². The molecule has 0 spiro atoms. The normalized spacial score (nSPS) is 24.2. The fraction of sp³-hybridized carbons (Fsp3) is 0.450. The second-order valence-corrected chi connectivity index (χ2v) is 7.89. The van der Waals surface area contributed by atoms with E-state index in [-0.39, 0.29) is 35.0 Å². The highest BCUT2D eigenvalue weighted by Gasteiger charge is 2.44. The van der Waals surface area contributed by atoms with Crippen molar-refractivity contribution in [3.8, 4) is 17.1 Å². The number of hydrogen-bond donors (Lipinski definition) is 3. The standard InChI is InChI=1S/C20H21F3N6O3/c21-20(22,23)31-15-4-2-1-3-12(15)17-27-19(32-28-17)13-10-25-29-14(9-16(30)26-18(13)29)11-5-7-24-8-6-11/h1-4,9,11,13,18,24-25H,5-8,10H2,(H,26,30). The third-order valence-electron chi connectivity index (χ3n) is 5.86. The first-order valence-electron chi connectivity index (χ1n) is 10.3. The van der Waals surface area contributed by atoms with Gasteiger partial charge in [0, 0.05) is 24.2 Å². The SMILES string of the molecule is O=C1C=C(C2CCNCC2)N2NCC(c3nc(-c4ccccc4OC(F)(F)F)no3)C2N1. The van der Waals surface area contributed by atoms with Crippen LogP contribution in [-0.2, 0) is 4.79 Å². The van der Waals surface area contributed by atoms with Crippen LogP contribution in [0.1, 0.15) is 24.7 Å². The number of carbonyl (C=O) groups is 1. The number of halogens is 3. The summed E-state index contributed by atoms with van der Waals surface area (Å²) < 4.78 is 47.8. The average molecular weight is 450 g/mol. The number of amides is 1. The van der Waals surface area contributed by atoms with E-state index in [1.54, 1.807) is 12.1 Å². The number of ether oxygens (including phenoxy) is 1. The van der Waals surface area contributed by atoms with E-state index in [1.165, 1.54) is 18.2 Å². The van der Waals surface area contributed by atoms with Gasteiger partial charge in [0.15, 0.2) is 0 Å². The Morgan fingerprint density at radius 3 is 2.75 bits per heavy atom. The molecule has 1 aromatic heterocycles. The molecule has 9 nitrogen and oxygen atoms in total. The molecule has 2 fully saturated rings. The number of aromatic nitrogens is 2. The number of benzene rings is 1. The van der Waals surface area contributed by atoms with E-state index >= 15 is 0 Å². The molecule has 2 saturated heterocycles. The summed E-state index contributed by atoms with van der Waals surface area (Å²) in [7, 11) is 0. The van der Waals surface area contributed by atoms with Gasteiger partial charge in [0.05, 0.1) is 11.5 Å². The molecule has 0 bridgehead atoms. The number of piperidine rings is 1. The van der Waals surface area contributed by atoms with Crippen LogP contribution >= 0.6 is 0 Å². The zero-order valence-corrected chi connectivity index (χ0v) is 16.9. The van der Waals surface area contributed by atoms with Gasteiger partial charge in [0.1, 0.15) is 11.9 Å². The molecule has 3 aliphatic rings. The quantitative estimate of drug-likeness (QED) is 0.649. The molecule has 12 heteroatoms. The van der Waals surface area contributed by atoms with Gasteiger partial charge in [-0.25, -0.2) is 5.43 Å². The summed E-state index contributed by atoms with van der Waals surface area (Å²) in [6, 6.07) is 5.60. The summed E-state index contributed by atoms with van der Waals surface area (Å²) in [6.45, 7) is 2.20. The first-order valence-corrected chi connectivity index (χ1v) is 10.3. The minimum absolute atomic E-state index is 0.0189. The van der Waals surface area contributed by atoms with Crippen molar-refractivity contribution >= 4 is 5.91 Å². The van der Waals surface area contributed by atoms with Crippen LogP contribution in [0.15, 0.2) is 40.6 Å². The predicted octanol–water partition coefficient (Wildman–Crippen LogP) is 1.88. The van der Waals surface area contributed by atoms with Crippen LogP contribution in [0.25, 0.3) is 11.4 Å². The minimum Gasteiger partial charge on any atom is -0.405 e. The molecular formula is C20H21F3N6O3. The second kappa shape index (κ2) is 8.10. The highest BCUT2D eigenvalue weighted by Crippen LogP contribution is 2.36. The van der Waals surface area contributed by atoms with E-state index in [0.717, 1.165) is 31.6 Å². The van der Waals surface area contributed by atoms with Crippen molar-refractivity contribution in [1.82, 2.24) is 31.2 Å². The Morgan fingerprint density at radius 1 is 1.19 bits per heavy atom. The van der Waals surface area contributed by atoms with Crippen LogP contribution in [0.3, 0.4) is 0 Å². The fourth-order valence-electron chi connectivity index (χ4n) is 4.41. The molecule has 3 N–H and O–H groups in total. The van der Waals surface area contributed by atoms with Gasteiger partial charge in [-0.1, -0.05) is 17.3 Å². The molecule has 5 rings (SSSR count). The topological polar surface area (TPSA) is 105 Å². The highest BCUT2D eigenvalue weighted by atomic mass is 19.4. The van der Waals surface area contributed by atoms with Crippen molar-refractivity contribution in [2.75, 3.05) is 19.6 Å². The number of hydrogen-bond acceptors (Lipinski definition) is 8. The zero-order chi connectivity index (χ0) is 22.3. The third kappa shape index (κ3) is 4.02. The van der Waals surface area contributed by atoms with Gasteiger partial charge in [-0.15, -0.1) is 13.2 Å². The molecule has 2 atom stereocenters. The maximum absolute atomic E-state index is 12.8. The first kappa shape index (κ1) is 20.8. The molecule has 1 aromatic carbocycles. The zero-order valence-electron chi connectivity index (χ0n) is 16.9. The van der Waals surface area contributed by atoms with Crippen molar-refractivity contribution in [2.45, 2.75) is 31.3 Å². The van der Waals surface area contributed by atoms with Gasteiger partial charge in [-0.3, -0.25) is 9.80 Å². The summed E-state index contributed by atoms with van der Waals surface area (Å²) in [5.74, 6) is -0.539. The van der Waals surface area contributed by atoms with Crippen LogP contribution in [0.4, 0.5) is 13.2 Å². The van der Waals surface area contributed by atoms with Gasteiger partial charge in [0.25, 0.3) is 0 Å². The smallest absolute Gasteiger partial charge is 0.405 e. The summed E-state index contributed by atoms with van der Waals surface area (Å²) >= 11 is 0. The van der Waals surface area contributed by atoms with Gasteiger partial charge in [-0.05, 0) is 38.1 Å². The van der Waals surface area contributed by atoms with E-state index in [4.69, 9.17) is 4.52 Å². The van der Waals surface area contributed by atoms with Crippen molar-refractivity contribution < 1.29 is 27.2 Å². The van der Waals surface area contributed by atoms with Crippen LogP contribution in [0.2, 0.25) is 0 Å². The summed E-state index contributed by atoms with van der Waals surface area (Å²) in [5.41, 5.74) is 4.28. The Hall–Kier alpha value is -3.12. The molecule has 1 amide bonds. The van der Waals surface area contributed by atoms with Crippen molar-refractivity contribution in [2.24, 2.45) is 5.92 Å². The Balaban J connectivity index is 1.39. The van der Waals surface area contributed by atoms with Crippen LogP contribution in [0.5, 0.6) is 5.75 Å². The number of allylic oxidation sites excluding steroid dienone is 1. The van der Waals surface area contributed by atoms with Gasteiger partial charge >= 0.3 is 6.36 Å². The van der Waals surface area contributed by atoms with Gasteiger partial charge in [-0.2, -0.15) is 4.98 Å². The lowest BCUT2D eigenvalue weighted by molar-refractivity contribution is -0.274. The Bertz CT molecular complexity index is 1030. The Morgan fingerprint density at radius 2 is 1.97 bits per heavy atom. The van der Waals surface area contributed by atoms with E-state index in [1.807, 2.05) is 5.01 Å². The predicted molar refractivity (Wildman–Crippen MR) is 105 cm³/mol. The number of carbonyl (C=O) groups excluding carboxylic acids is 1. The monoisotopic (exact) mass is 450 g/mol. The average Bonchev–Trinajstić information content (AvgIpc) is 3.40. The van der Waals surface area contributed by atoms with E-state index in [0.29, 0.717) is 6.54 Å². The molecule has 170 valence electrons. The lowest BCUT2D eigenvalue weighted by Gasteiger charge is -2.38. The summed E-state index contributed by atoms with van der Waals surface area (Å²) in [5, 5.41) is 12.0.